The van der Waals surface area contributed by atoms with Crippen molar-refractivity contribution in [3.63, 3.8) is 0 Å². The number of ether oxygens (including phenoxy) is 1. The van der Waals surface area contributed by atoms with Crippen molar-refractivity contribution >= 4 is 26.8 Å². The summed E-state index contributed by atoms with van der Waals surface area (Å²) in [6.07, 6.45) is -2.67. The van der Waals surface area contributed by atoms with Crippen molar-refractivity contribution in [2.75, 3.05) is 0 Å². The largest absolute Gasteiger partial charge is 0.573 e. The summed E-state index contributed by atoms with van der Waals surface area (Å²) in [6, 6.07) is 4.85. The molecule has 0 amide bonds. The van der Waals surface area contributed by atoms with Crippen LogP contribution in [0.3, 0.4) is 0 Å². The molecule has 1 aromatic heterocycles. The van der Waals surface area contributed by atoms with Crippen LogP contribution in [0.25, 0.3) is 10.9 Å². The van der Waals surface area contributed by atoms with E-state index in [9.17, 15) is 13.2 Å². The Morgan fingerprint density at radius 2 is 2.06 bits per heavy atom. The second-order valence-electron chi connectivity index (χ2n) is 3.68. The van der Waals surface area contributed by atoms with Crippen molar-refractivity contribution < 1.29 is 17.9 Å². The molecule has 0 spiro atoms. The van der Waals surface area contributed by atoms with Crippen molar-refractivity contribution in [1.82, 2.24) is 4.98 Å². The van der Waals surface area contributed by atoms with Gasteiger partial charge in [-0.25, -0.2) is 0 Å². The minimum atomic E-state index is -4.72. The molecule has 0 N–H and O–H groups in total. The Bertz CT molecular complexity index is 583. The molecule has 1 aromatic carbocycles. The van der Waals surface area contributed by atoms with Crippen LogP contribution in [-0.4, -0.2) is 11.3 Å². The molecular formula is C12H9BrF3NO. The zero-order valence-corrected chi connectivity index (χ0v) is 11.0. The van der Waals surface area contributed by atoms with Crippen molar-refractivity contribution in [3.8, 4) is 5.75 Å². The Morgan fingerprint density at radius 3 is 2.67 bits per heavy atom. The van der Waals surface area contributed by atoms with Crippen LogP contribution >= 0.6 is 15.9 Å². The third-order valence-corrected chi connectivity index (χ3v) is 3.14. The first kappa shape index (κ1) is 13.1. The fourth-order valence-corrected chi connectivity index (χ4v) is 2.07. The van der Waals surface area contributed by atoms with Crippen LogP contribution < -0.4 is 4.74 Å². The molecule has 0 saturated heterocycles. The fourth-order valence-electron chi connectivity index (χ4n) is 1.65. The molecule has 0 unspecified atom stereocenters. The quantitative estimate of drug-likeness (QED) is 0.815. The van der Waals surface area contributed by atoms with Crippen LogP contribution in [0.5, 0.6) is 5.75 Å². The van der Waals surface area contributed by atoms with E-state index < -0.39 is 6.36 Å². The Kier molecular flexibility index (Phi) is 3.47. The van der Waals surface area contributed by atoms with Crippen LogP contribution in [0.4, 0.5) is 13.2 Å². The highest BCUT2D eigenvalue weighted by Crippen LogP contribution is 2.34. The van der Waals surface area contributed by atoms with Gasteiger partial charge in [0.15, 0.2) is 5.75 Å². The predicted octanol–water partition coefficient (Wildman–Crippen LogP) is 4.46. The van der Waals surface area contributed by atoms with Crippen LogP contribution in [0, 0.1) is 0 Å². The van der Waals surface area contributed by atoms with Gasteiger partial charge in [0.2, 0.25) is 0 Å². The Morgan fingerprint density at radius 1 is 1.33 bits per heavy atom. The Balaban J connectivity index is 2.66. The minimum Gasteiger partial charge on any atom is -0.403 e. The predicted molar refractivity (Wildman–Crippen MR) is 65.5 cm³/mol. The maximum Gasteiger partial charge on any atom is 0.573 e. The van der Waals surface area contributed by atoms with E-state index in [0.29, 0.717) is 16.3 Å². The van der Waals surface area contributed by atoms with Gasteiger partial charge in [0, 0.05) is 16.1 Å². The maximum absolute atomic E-state index is 12.3. The number of aromatic nitrogens is 1. The molecule has 0 fully saturated rings. The summed E-state index contributed by atoms with van der Waals surface area (Å²) in [5.41, 5.74) is 0.953. The average Bonchev–Trinajstić information content (AvgIpc) is 2.28. The average molecular weight is 320 g/mol. The van der Waals surface area contributed by atoms with Crippen LogP contribution in [0.15, 0.2) is 28.9 Å². The van der Waals surface area contributed by atoms with Crippen LogP contribution in [-0.2, 0) is 6.42 Å². The molecule has 0 saturated carbocycles. The van der Waals surface area contributed by atoms with Crippen LogP contribution in [0.2, 0.25) is 0 Å². The van der Waals surface area contributed by atoms with Gasteiger partial charge >= 0.3 is 6.36 Å². The SMILES string of the molecule is CCc1cc(OC(F)(F)F)c2nccc(Br)c2c1. The van der Waals surface area contributed by atoms with E-state index in [4.69, 9.17) is 0 Å². The first-order valence-corrected chi connectivity index (χ1v) is 6.03. The van der Waals surface area contributed by atoms with Gasteiger partial charge in [-0.05, 0) is 30.2 Å². The summed E-state index contributed by atoms with van der Waals surface area (Å²) in [6.45, 7) is 1.86. The first-order valence-electron chi connectivity index (χ1n) is 5.23. The summed E-state index contributed by atoms with van der Waals surface area (Å²) >= 11 is 3.30. The molecule has 18 heavy (non-hydrogen) atoms. The summed E-state index contributed by atoms with van der Waals surface area (Å²) in [5, 5.41) is 0.608. The molecule has 0 bridgehead atoms. The summed E-state index contributed by atoms with van der Waals surface area (Å²) < 4.78 is 41.7. The number of pyridine rings is 1. The van der Waals surface area contributed by atoms with Crippen molar-refractivity contribution in [2.24, 2.45) is 0 Å². The smallest absolute Gasteiger partial charge is 0.403 e. The lowest BCUT2D eigenvalue weighted by atomic mass is 10.1. The highest BCUT2D eigenvalue weighted by Gasteiger charge is 2.32. The molecular weight excluding hydrogens is 311 g/mol. The van der Waals surface area contributed by atoms with Gasteiger partial charge in [0.05, 0.1) is 0 Å². The zero-order valence-electron chi connectivity index (χ0n) is 9.38. The number of alkyl halides is 3. The highest BCUT2D eigenvalue weighted by atomic mass is 79.9. The molecule has 0 radical (unpaired) electrons. The van der Waals surface area contributed by atoms with Crippen molar-refractivity contribution in [1.29, 1.82) is 0 Å². The molecule has 6 heteroatoms. The number of aryl methyl sites for hydroxylation is 1. The van der Waals surface area contributed by atoms with Gasteiger partial charge in [-0.3, -0.25) is 4.98 Å². The molecule has 2 aromatic rings. The van der Waals surface area contributed by atoms with E-state index in [-0.39, 0.29) is 11.3 Å². The van der Waals surface area contributed by atoms with Crippen LogP contribution in [0.1, 0.15) is 12.5 Å². The van der Waals surface area contributed by atoms with E-state index in [2.05, 4.69) is 25.7 Å². The molecule has 2 nitrogen and oxygen atoms in total. The summed E-state index contributed by atoms with van der Waals surface area (Å²) in [5.74, 6) is -0.266. The highest BCUT2D eigenvalue weighted by molar-refractivity contribution is 9.10. The van der Waals surface area contributed by atoms with E-state index in [0.717, 1.165) is 5.56 Å². The zero-order chi connectivity index (χ0) is 13.3. The second kappa shape index (κ2) is 4.76. The normalized spacial score (nSPS) is 11.8. The number of hydrogen-bond acceptors (Lipinski definition) is 2. The van der Waals surface area contributed by atoms with E-state index >= 15 is 0 Å². The number of benzene rings is 1. The Hall–Kier alpha value is -1.30. The molecule has 0 aliphatic rings. The molecule has 0 aliphatic heterocycles. The van der Waals surface area contributed by atoms with Crippen molar-refractivity contribution in [2.45, 2.75) is 19.7 Å². The Labute approximate surface area is 110 Å². The summed E-state index contributed by atoms with van der Waals surface area (Å²) in [7, 11) is 0. The third kappa shape index (κ3) is 2.75. The van der Waals surface area contributed by atoms with Gasteiger partial charge in [-0.1, -0.05) is 22.9 Å². The first-order chi connectivity index (χ1) is 8.40. The van der Waals surface area contributed by atoms with Gasteiger partial charge in [-0.2, -0.15) is 0 Å². The summed E-state index contributed by atoms with van der Waals surface area (Å²) in [4.78, 5) is 3.95. The molecule has 0 aliphatic carbocycles. The molecule has 1 heterocycles. The molecule has 96 valence electrons. The van der Waals surface area contributed by atoms with Gasteiger partial charge in [-0.15, -0.1) is 13.2 Å². The molecule has 2 rings (SSSR count). The van der Waals surface area contributed by atoms with Gasteiger partial charge < -0.3 is 4.74 Å². The van der Waals surface area contributed by atoms with Crippen molar-refractivity contribution in [3.05, 3.63) is 34.4 Å². The minimum absolute atomic E-state index is 0.193. The second-order valence-corrected chi connectivity index (χ2v) is 4.54. The van der Waals surface area contributed by atoms with E-state index in [1.165, 1.54) is 12.3 Å². The number of nitrogens with zero attached hydrogens (tertiary/aromatic N) is 1. The topological polar surface area (TPSA) is 22.1 Å². The lowest BCUT2D eigenvalue weighted by Crippen LogP contribution is -2.17. The lowest BCUT2D eigenvalue weighted by Gasteiger charge is -2.13. The number of halogens is 4. The standard InChI is InChI=1S/C12H9BrF3NO/c1-2-7-5-8-9(13)3-4-17-11(8)10(6-7)18-12(14,15)16/h3-6H,2H2,1H3. The monoisotopic (exact) mass is 319 g/mol. The van der Waals surface area contributed by atoms with Gasteiger partial charge in [0.1, 0.15) is 5.52 Å². The van der Waals surface area contributed by atoms with E-state index in [1.54, 1.807) is 12.1 Å². The fraction of sp³-hybridized carbons (Fsp3) is 0.250. The van der Waals surface area contributed by atoms with E-state index in [1.807, 2.05) is 6.92 Å². The maximum atomic E-state index is 12.3. The third-order valence-electron chi connectivity index (χ3n) is 2.45. The van der Waals surface area contributed by atoms with Gasteiger partial charge in [0.25, 0.3) is 0 Å². The number of fused-ring (bicyclic) bond motifs is 1. The number of rotatable bonds is 2. The molecule has 0 atom stereocenters. The number of hydrogen-bond donors (Lipinski definition) is 0. The lowest BCUT2D eigenvalue weighted by molar-refractivity contribution is -0.274.